The molecule has 2 fully saturated rings. The molecule has 0 spiro atoms. The molecule has 2 aromatic rings. The zero-order valence-corrected chi connectivity index (χ0v) is 35.2. The first kappa shape index (κ1) is 46.4. The van der Waals surface area contributed by atoms with Gasteiger partial charge in [0.2, 0.25) is 23.4 Å². The van der Waals surface area contributed by atoms with Crippen LogP contribution in [0.2, 0.25) is 0 Å². The number of hydrogen-bond acceptors (Lipinski definition) is 13. The number of ether oxygens (including phenoxy) is 2. The van der Waals surface area contributed by atoms with E-state index < -0.39 is 17.1 Å². The molecule has 0 aromatic carbocycles. The van der Waals surface area contributed by atoms with Crippen LogP contribution in [0.25, 0.3) is 0 Å². The van der Waals surface area contributed by atoms with Crippen molar-refractivity contribution in [3.05, 3.63) is 23.4 Å². The molecule has 2 atom stereocenters. The number of rotatable bonds is 18. The summed E-state index contributed by atoms with van der Waals surface area (Å²) in [7, 11) is 0. The van der Waals surface area contributed by atoms with Crippen molar-refractivity contribution in [3.63, 3.8) is 0 Å². The first-order valence-corrected chi connectivity index (χ1v) is 20.8. The Morgan fingerprint density at radius 1 is 0.661 bits per heavy atom. The van der Waals surface area contributed by atoms with Crippen LogP contribution in [-0.4, -0.2) is 67.4 Å². The zero-order valence-electron chi connectivity index (χ0n) is 35.2. The quantitative estimate of drug-likeness (QED) is 0.111. The van der Waals surface area contributed by atoms with Crippen molar-refractivity contribution in [2.75, 3.05) is 6.54 Å². The highest BCUT2D eigenvalue weighted by molar-refractivity contribution is 5.93. The van der Waals surface area contributed by atoms with Crippen molar-refractivity contribution in [1.82, 2.24) is 25.6 Å². The molecule has 2 aromatic heterocycles. The van der Waals surface area contributed by atoms with Gasteiger partial charge in [-0.15, -0.1) is 0 Å². The van der Waals surface area contributed by atoms with E-state index in [9.17, 15) is 24.0 Å². The molecular weight excluding hydrogens is 718 g/mol. The van der Waals surface area contributed by atoms with E-state index in [1.807, 2.05) is 41.5 Å². The van der Waals surface area contributed by atoms with Gasteiger partial charge in [-0.1, -0.05) is 100 Å². The third-order valence-electron chi connectivity index (χ3n) is 10.0. The van der Waals surface area contributed by atoms with E-state index in [2.05, 4.69) is 25.6 Å². The van der Waals surface area contributed by atoms with E-state index in [1.54, 1.807) is 0 Å². The van der Waals surface area contributed by atoms with E-state index in [-0.39, 0.29) is 72.3 Å². The maximum absolute atomic E-state index is 12.4. The number of hydrogen-bond donors (Lipinski definition) is 1. The number of carbonyl (C=O) groups excluding carboxylic acids is 5. The topological polar surface area (TPSA) is 194 Å². The van der Waals surface area contributed by atoms with E-state index in [0.29, 0.717) is 12.3 Å². The molecule has 1 amide bonds. The minimum absolute atomic E-state index is 0.0708. The highest BCUT2D eigenvalue weighted by Gasteiger charge is 2.29. The monoisotopic (exact) mass is 785 g/mol. The molecule has 1 N–H and O–H groups in total. The number of esters is 2. The SMILES string of the molecule is CC(=O)CNC(=O)c1noc([C@H](CCCC2CCCCC2)CC(=O)OC(C)(C)C)n1.CC(=O)c1noc([C@H](CCCC2CCCCC2)CC(=O)OC(C)(C)C)n1. The molecule has 56 heavy (non-hydrogen) atoms. The maximum Gasteiger partial charge on any atom is 0.307 e. The second-order valence-corrected chi connectivity index (χ2v) is 17.7. The number of amides is 1. The van der Waals surface area contributed by atoms with Gasteiger partial charge in [0.05, 0.1) is 19.4 Å². The smallest absolute Gasteiger partial charge is 0.307 e. The van der Waals surface area contributed by atoms with Crippen molar-refractivity contribution < 1.29 is 42.5 Å². The van der Waals surface area contributed by atoms with Crippen molar-refractivity contribution in [2.24, 2.45) is 11.8 Å². The van der Waals surface area contributed by atoms with Gasteiger partial charge in [-0.25, -0.2) is 0 Å². The van der Waals surface area contributed by atoms with E-state index in [4.69, 9.17) is 18.5 Å². The Hall–Kier alpha value is -3.97. The van der Waals surface area contributed by atoms with Crippen LogP contribution >= 0.6 is 0 Å². The van der Waals surface area contributed by atoms with Crippen LogP contribution < -0.4 is 5.32 Å². The lowest BCUT2D eigenvalue weighted by Gasteiger charge is -2.23. The van der Waals surface area contributed by atoms with Gasteiger partial charge in [-0.05, 0) is 73.1 Å². The Balaban J connectivity index is 0.000000303. The van der Waals surface area contributed by atoms with Crippen LogP contribution in [0.1, 0.15) is 216 Å². The number of ketones is 2. The third kappa shape index (κ3) is 18.3. The number of carbonyl (C=O) groups is 5. The summed E-state index contributed by atoms with van der Waals surface area (Å²) in [6.45, 7) is 13.7. The van der Waals surface area contributed by atoms with Gasteiger partial charge in [-0.2, -0.15) is 9.97 Å². The van der Waals surface area contributed by atoms with Crippen molar-refractivity contribution >= 4 is 29.4 Å². The fourth-order valence-electron chi connectivity index (χ4n) is 7.37. The second-order valence-electron chi connectivity index (χ2n) is 17.7. The molecule has 2 aliphatic rings. The predicted octanol–water partition coefficient (Wildman–Crippen LogP) is 8.79. The Morgan fingerprint density at radius 2 is 1.07 bits per heavy atom. The van der Waals surface area contributed by atoms with Crippen LogP contribution in [0, 0.1) is 11.8 Å². The maximum atomic E-state index is 12.4. The average molecular weight is 786 g/mol. The van der Waals surface area contributed by atoms with E-state index >= 15 is 0 Å². The predicted molar refractivity (Wildman–Crippen MR) is 209 cm³/mol. The lowest BCUT2D eigenvalue weighted by atomic mass is 9.84. The summed E-state index contributed by atoms with van der Waals surface area (Å²) in [5, 5.41) is 9.91. The molecule has 0 aliphatic heterocycles. The molecule has 14 heteroatoms. The molecule has 14 nitrogen and oxygen atoms in total. The fraction of sp³-hybridized carbons (Fsp3) is 0.786. The van der Waals surface area contributed by atoms with Crippen LogP contribution in [0.4, 0.5) is 0 Å². The van der Waals surface area contributed by atoms with Crippen LogP contribution in [-0.2, 0) is 23.9 Å². The molecule has 2 heterocycles. The van der Waals surface area contributed by atoms with Gasteiger partial charge in [0.1, 0.15) is 17.0 Å². The third-order valence-corrected chi connectivity index (χ3v) is 10.0. The van der Waals surface area contributed by atoms with Crippen LogP contribution in [0.3, 0.4) is 0 Å². The second kappa shape index (κ2) is 22.7. The Bertz CT molecular complexity index is 1540. The molecule has 314 valence electrons. The number of aromatic nitrogens is 4. The summed E-state index contributed by atoms with van der Waals surface area (Å²) in [4.78, 5) is 67.6. The van der Waals surface area contributed by atoms with E-state index in [0.717, 1.165) is 37.5 Å². The summed E-state index contributed by atoms with van der Waals surface area (Å²) in [5.74, 6) is 0.0246. The van der Waals surface area contributed by atoms with Gasteiger partial charge >= 0.3 is 11.9 Å². The van der Waals surface area contributed by atoms with Crippen LogP contribution in [0.5, 0.6) is 0 Å². The summed E-state index contributed by atoms with van der Waals surface area (Å²) in [6.07, 6.45) is 19.2. The van der Waals surface area contributed by atoms with Gasteiger partial charge in [0.15, 0.2) is 0 Å². The van der Waals surface area contributed by atoms with Crippen LogP contribution in [0.15, 0.2) is 9.05 Å². The highest BCUT2D eigenvalue weighted by atomic mass is 16.6. The minimum Gasteiger partial charge on any atom is -0.460 e. The first-order valence-electron chi connectivity index (χ1n) is 20.8. The molecular formula is C42H67N5O9. The summed E-state index contributed by atoms with van der Waals surface area (Å²) in [5.41, 5.74) is -1.10. The molecule has 0 unspecified atom stereocenters. The average Bonchev–Trinajstić information content (AvgIpc) is 3.81. The van der Waals surface area contributed by atoms with Gasteiger partial charge in [0.25, 0.3) is 11.7 Å². The minimum atomic E-state index is -0.573. The standard InChI is InChI=1S/C22H35N3O5.C20H32N2O4/c1-15(26)14-23-20(28)19-24-21(30-25-19)17(13-18(27)29-22(2,3)4)12-8-11-16-9-6-5-7-10-16;1-14(23)18-21-19(26-22-18)16(13-17(24)25-20(2,3)4)12-8-11-15-9-6-5-7-10-15/h16-17H,5-14H2,1-4H3,(H,23,28);15-16H,5-13H2,1-4H3/t17-;16-/m11/s1. The van der Waals surface area contributed by atoms with Crippen molar-refractivity contribution in [3.8, 4) is 0 Å². The largest absolute Gasteiger partial charge is 0.460 e. The van der Waals surface area contributed by atoms with Gasteiger partial charge in [-0.3, -0.25) is 24.0 Å². The molecule has 0 radical (unpaired) electrons. The summed E-state index contributed by atoms with van der Waals surface area (Å²) in [6, 6.07) is 0. The van der Waals surface area contributed by atoms with Gasteiger partial charge < -0.3 is 23.8 Å². The first-order chi connectivity index (χ1) is 26.4. The molecule has 2 aliphatic carbocycles. The molecule has 0 saturated heterocycles. The Labute approximate surface area is 332 Å². The summed E-state index contributed by atoms with van der Waals surface area (Å²) < 4.78 is 21.5. The Morgan fingerprint density at radius 3 is 1.45 bits per heavy atom. The fourth-order valence-corrected chi connectivity index (χ4v) is 7.37. The number of nitrogens with one attached hydrogen (secondary N) is 1. The van der Waals surface area contributed by atoms with Gasteiger partial charge in [0, 0.05) is 18.8 Å². The van der Waals surface area contributed by atoms with E-state index in [1.165, 1.54) is 84.5 Å². The lowest BCUT2D eigenvalue weighted by Crippen LogP contribution is -2.29. The highest BCUT2D eigenvalue weighted by Crippen LogP contribution is 2.33. The number of Topliss-reactive ketones (excluding diaryl/α,β-unsaturated/α-hetero) is 2. The van der Waals surface area contributed by atoms with Crippen molar-refractivity contribution in [1.29, 1.82) is 0 Å². The summed E-state index contributed by atoms with van der Waals surface area (Å²) >= 11 is 0. The zero-order chi connectivity index (χ0) is 41.3. The number of nitrogens with zero attached hydrogens (tertiary/aromatic N) is 4. The molecule has 2 saturated carbocycles. The molecule has 0 bridgehead atoms. The van der Waals surface area contributed by atoms with Crippen molar-refractivity contribution in [2.45, 2.75) is 194 Å². The Kier molecular flexibility index (Phi) is 18.8. The lowest BCUT2D eigenvalue weighted by molar-refractivity contribution is -0.156. The normalized spacial score (nSPS) is 16.6. The molecule has 4 rings (SSSR count).